The van der Waals surface area contributed by atoms with Gasteiger partial charge in [0.05, 0.1) is 13.7 Å². The number of ketones is 1. The highest BCUT2D eigenvalue weighted by Crippen LogP contribution is 2.31. The lowest BCUT2D eigenvalue weighted by Gasteiger charge is -2.08. The fraction of sp³-hybridized carbons (Fsp3) is 0.150. The number of phenols is 2. The molecule has 0 saturated carbocycles. The Kier molecular flexibility index (Phi) is 5.98. The van der Waals surface area contributed by atoms with Gasteiger partial charge in [-0.05, 0) is 60.0 Å². The van der Waals surface area contributed by atoms with Gasteiger partial charge in [-0.25, -0.2) is 0 Å². The number of methoxy groups -OCH3 is 1. The van der Waals surface area contributed by atoms with Crippen LogP contribution in [0.4, 0.5) is 0 Å². The summed E-state index contributed by atoms with van der Waals surface area (Å²) in [4.78, 5) is 12.0. The molecule has 0 heterocycles. The lowest BCUT2D eigenvalue weighted by atomic mass is 10.1. The number of hydrogen-bond donors (Lipinski definition) is 3. The van der Waals surface area contributed by atoms with E-state index < -0.39 is 0 Å². The molecule has 0 unspecified atom stereocenters. The lowest BCUT2D eigenvalue weighted by molar-refractivity contribution is -0.110. The van der Waals surface area contributed by atoms with Crippen LogP contribution >= 0.6 is 0 Å². The van der Waals surface area contributed by atoms with E-state index in [0.717, 1.165) is 11.1 Å². The van der Waals surface area contributed by atoms with Gasteiger partial charge in [0.2, 0.25) is 0 Å². The molecule has 0 bridgehead atoms. The Morgan fingerprint density at radius 2 is 1.76 bits per heavy atom. The van der Waals surface area contributed by atoms with Crippen LogP contribution in [0.25, 0.3) is 12.2 Å². The number of aromatic hydroxyl groups is 2. The number of ether oxygens (including phenoxy) is 1. The van der Waals surface area contributed by atoms with Crippen molar-refractivity contribution < 1.29 is 24.9 Å². The van der Waals surface area contributed by atoms with Crippen LogP contribution in [0.15, 0.2) is 42.5 Å². The van der Waals surface area contributed by atoms with Gasteiger partial charge in [0, 0.05) is 5.56 Å². The maximum Gasteiger partial charge on any atom is 0.178 e. The lowest BCUT2D eigenvalue weighted by Crippen LogP contribution is -1.92. The minimum absolute atomic E-state index is 0.115. The normalized spacial score (nSPS) is 11.3. The topological polar surface area (TPSA) is 87.0 Å². The molecule has 0 amide bonds. The molecule has 5 heteroatoms. The van der Waals surface area contributed by atoms with Crippen LogP contribution in [0.3, 0.4) is 0 Å². The summed E-state index contributed by atoms with van der Waals surface area (Å²) < 4.78 is 5.05. The molecule has 130 valence electrons. The van der Waals surface area contributed by atoms with E-state index in [4.69, 9.17) is 4.74 Å². The second-order valence-electron chi connectivity index (χ2n) is 5.50. The van der Waals surface area contributed by atoms with Crippen LogP contribution in [0.2, 0.25) is 0 Å². The summed E-state index contributed by atoms with van der Waals surface area (Å²) in [6.45, 7) is 1.45. The van der Waals surface area contributed by atoms with E-state index >= 15 is 0 Å². The van der Waals surface area contributed by atoms with Crippen molar-refractivity contribution in [2.75, 3.05) is 7.11 Å². The zero-order valence-electron chi connectivity index (χ0n) is 14.1. The van der Waals surface area contributed by atoms with Gasteiger partial charge in [0.1, 0.15) is 5.75 Å². The van der Waals surface area contributed by atoms with E-state index in [2.05, 4.69) is 0 Å². The van der Waals surface area contributed by atoms with Crippen LogP contribution in [0, 0.1) is 6.92 Å². The third-order valence-corrected chi connectivity index (χ3v) is 3.67. The third kappa shape index (κ3) is 4.71. The van der Waals surface area contributed by atoms with E-state index in [1.165, 1.54) is 19.3 Å². The fourth-order valence-electron chi connectivity index (χ4n) is 2.26. The predicted octanol–water partition coefficient (Wildman–Crippen LogP) is 3.20. The zero-order valence-corrected chi connectivity index (χ0v) is 14.1. The summed E-state index contributed by atoms with van der Waals surface area (Å²) in [5.41, 5.74) is 2.49. The van der Waals surface area contributed by atoms with Gasteiger partial charge in [-0.3, -0.25) is 4.79 Å². The molecule has 0 fully saturated rings. The van der Waals surface area contributed by atoms with Gasteiger partial charge in [-0.1, -0.05) is 18.2 Å². The molecule has 0 aliphatic heterocycles. The Hall–Kier alpha value is -3.05. The van der Waals surface area contributed by atoms with Crippen molar-refractivity contribution >= 4 is 17.9 Å². The van der Waals surface area contributed by atoms with Crippen molar-refractivity contribution in [1.82, 2.24) is 0 Å². The number of rotatable bonds is 6. The van der Waals surface area contributed by atoms with Crippen LogP contribution in [0.1, 0.15) is 22.3 Å². The Bertz CT molecular complexity index is 809. The van der Waals surface area contributed by atoms with Crippen molar-refractivity contribution in [3.8, 4) is 17.2 Å². The van der Waals surface area contributed by atoms with E-state index in [0.29, 0.717) is 11.1 Å². The summed E-state index contributed by atoms with van der Waals surface area (Å²) in [7, 11) is 1.41. The Morgan fingerprint density at radius 1 is 1.08 bits per heavy atom. The number of carbonyl (C=O) groups is 1. The van der Waals surface area contributed by atoms with E-state index in [9.17, 15) is 20.1 Å². The van der Waals surface area contributed by atoms with Crippen molar-refractivity contribution in [3.05, 3.63) is 64.7 Å². The highest BCUT2D eigenvalue weighted by Gasteiger charge is 2.08. The largest absolute Gasteiger partial charge is 0.508 e. The Morgan fingerprint density at radius 3 is 2.36 bits per heavy atom. The number of aliphatic hydroxyl groups excluding tert-OH is 1. The standard InChI is InChI=1S/C20H20O5/c1-13-9-14(5-8-18(13)23)3-6-17(22)7-4-15-10-16(12-21)20(24)19(11-15)25-2/h3-11,21,23-24H,12H2,1-2H3/b6-3+,7-4+. The third-order valence-electron chi connectivity index (χ3n) is 3.67. The molecule has 0 aliphatic carbocycles. The fourth-order valence-corrected chi connectivity index (χ4v) is 2.26. The van der Waals surface area contributed by atoms with Gasteiger partial charge in [0.25, 0.3) is 0 Å². The van der Waals surface area contributed by atoms with Crippen molar-refractivity contribution in [2.24, 2.45) is 0 Å². The molecule has 3 N–H and O–H groups in total. The smallest absolute Gasteiger partial charge is 0.178 e. The van der Waals surface area contributed by atoms with Crippen LogP contribution in [-0.4, -0.2) is 28.2 Å². The molecule has 0 aliphatic rings. The molecular formula is C20H20O5. The number of allylic oxidation sites excluding steroid dienone is 2. The Balaban J connectivity index is 2.14. The highest BCUT2D eigenvalue weighted by molar-refractivity contribution is 6.04. The summed E-state index contributed by atoms with van der Waals surface area (Å²) in [6.07, 6.45) is 6.05. The second-order valence-corrected chi connectivity index (χ2v) is 5.50. The summed E-state index contributed by atoms with van der Waals surface area (Å²) in [5.74, 6) is 0.109. The number of aryl methyl sites for hydroxylation is 1. The molecule has 0 saturated heterocycles. The second kappa shape index (κ2) is 8.17. The van der Waals surface area contributed by atoms with Crippen molar-refractivity contribution in [1.29, 1.82) is 0 Å². The SMILES string of the molecule is COc1cc(/C=C/C(=O)/C=C/c2ccc(O)c(C)c2)cc(CO)c1O. The molecule has 0 spiro atoms. The van der Waals surface area contributed by atoms with Crippen molar-refractivity contribution in [2.45, 2.75) is 13.5 Å². The van der Waals surface area contributed by atoms with Crippen LogP contribution in [-0.2, 0) is 11.4 Å². The predicted molar refractivity (Wildman–Crippen MR) is 96.5 cm³/mol. The minimum atomic E-state index is -0.335. The Labute approximate surface area is 146 Å². The maximum absolute atomic E-state index is 12.0. The molecule has 2 aromatic rings. The summed E-state index contributed by atoms with van der Waals surface area (Å²) >= 11 is 0. The molecule has 0 radical (unpaired) electrons. The molecule has 5 nitrogen and oxygen atoms in total. The first-order chi connectivity index (χ1) is 11.9. The van der Waals surface area contributed by atoms with Gasteiger partial charge < -0.3 is 20.1 Å². The molecule has 2 aromatic carbocycles. The van der Waals surface area contributed by atoms with Gasteiger partial charge >= 0.3 is 0 Å². The monoisotopic (exact) mass is 340 g/mol. The first-order valence-corrected chi connectivity index (χ1v) is 7.65. The molecular weight excluding hydrogens is 320 g/mol. The quantitative estimate of drug-likeness (QED) is 0.703. The average molecular weight is 340 g/mol. The summed E-state index contributed by atoms with van der Waals surface area (Å²) in [5, 5.41) is 28.6. The zero-order chi connectivity index (χ0) is 18.4. The minimum Gasteiger partial charge on any atom is -0.508 e. The van der Waals surface area contributed by atoms with Gasteiger partial charge in [-0.2, -0.15) is 0 Å². The number of aliphatic hydroxyl groups is 1. The molecule has 2 rings (SSSR count). The highest BCUT2D eigenvalue weighted by atomic mass is 16.5. The first-order valence-electron chi connectivity index (χ1n) is 7.65. The summed E-state index contributed by atoms with van der Waals surface area (Å²) in [6, 6.07) is 8.23. The van der Waals surface area contributed by atoms with E-state index in [1.807, 2.05) is 0 Å². The van der Waals surface area contributed by atoms with Crippen LogP contribution in [0.5, 0.6) is 17.2 Å². The number of carbonyl (C=O) groups excluding carboxylic acids is 1. The van der Waals surface area contributed by atoms with Crippen molar-refractivity contribution in [3.63, 3.8) is 0 Å². The van der Waals surface area contributed by atoms with Gasteiger partial charge in [0.15, 0.2) is 17.3 Å². The number of hydrogen-bond acceptors (Lipinski definition) is 5. The maximum atomic E-state index is 12.0. The average Bonchev–Trinajstić information content (AvgIpc) is 2.61. The molecule has 0 atom stereocenters. The number of phenolic OH excluding ortho intramolecular Hbond substituents is 1. The van der Waals surface area contributed by atoms with Gasteiger partial charge in [-0.15, -0.1) is 0 Å². The number of benzene rings is 2. The van der Waals surface area contributed by atoms with E-state index in [-0.39, 0.29) is 29.6 Å². The molecule has 25 heavy (non-hydrogen) atoms. The van der Waals surface area contributed by atoms with Crippen LogP contribution < -0.4 is 4.74 Å². The first kappa shape index (κ1) is 18.3. The molecule has 0 aromatic heterocycles. The van der Waals surface area contributed by atoms with E-state index in [1.54, 1.807) is 49.4 Å².